The minimum atomic E-state index is -4.42. The Balaban J connectivity index is 1.76. The van der Waals surface area contributed by atoms with Crippen LogP contribution in [0.3, 0.4) is 0 Å². The van der Waals surface area contributed by atoms with E-state index in [2.05, 4.69) is 22.0 Å². The lowest BCUT2D eigenvalue weighted by Gasteiger charge is -2.12. The number of H-pyrrole nitrogens is 1. The summed E-state index contributed by atoms with van der Waals surface area (Å²) in [6.07, 6.45) is -2.66. The van der Waals surface area contributed by atoms with Crippen LogP contribution in [0.5, 0.6) is 0 Å². The number of alkyl halides is 3. The van der Waals surface area contributed by atoms with E-state index in [1.54, 1.807) is 24.3 Å². The quantitative estimate of drug-likeness (QED) is 0.489. The van der Waals surface area contributed by atoms with Crippen LogP contribution in [-0.2, 0) is 12.6 Å². The van der Waals surface area contributed by atoms with Gasteiger partial charge in [0.05, 0.1) is 22.3 Å². The van der Waals surface area contributed by atoms with Gasteiger partial charge in [0.2, 0.25) is 5.76 Å². The number of aromatic nitrogens is 3. The summed E-state index contributed by atoms with van der Waals surface area (Å²) in [5.74, 6) is 1.01. The number of imidazole rings is 1. The maximum absolute atomic E-state index is 13.3. The van der Waals surface area contributed by atoms with Crippen LogP contribution in [0, 0.1) is 0 Å². The van der Waals surface area contributed by atoms with E-state index in [1.807, 2.05) is 6.07 Å². The highest BCUT2D eigenvalue weighted by Gasteiger charge is 2.33. The van der Waals surface area contributed by atoms with Gasteiger partial charge in [0.15, 0.2) is 5.82 Å². The SMILES string of the molecule is CCCc1cc(-c2nc3ccc(-c4ccccc4C(F)(F)F)cc3[nH]2)on1. The van der Waals surface area contributed by atoms with Gasteiger partial charge in [-0.25, -0.2) is 4.98 Å². The smallest absolute Gasteiger partial charge is 0.353 e. The molecule has 0 unspecified atom stereocenters. The molecule has 1 N–H and O–H groups in total. The zero-order valence-electron chi connectivity index (χ0n) is 14.5. The highest BCUT2D eigenvalue weighted by atomic mass is 19.4. The molecule has 7 heteroatoms. The molecular weight excluding hydrogens is 355 g/mol. The predicted molar refractivity (Wildman–Crippen MR) is 96.0 cm³/mol. The van der Waals surface area contributed by atoms with Crippen molar-refractivity contribution >= 4 is 11.0 Å². The van der Waals surface area contributed by atoms with Crippen molar-refractivity contribution in [1.82, 2.24) is 15.1 Å². The second-order valence-electron chi connectivity index (χ2n) is 6.29. The normalized spacial score (nSPS) is 12.0. The predicted octanol–water partition coefficient (Wildman–Crippen LogP) is 5.86. The highest BCUT2D eigenvalue weighted by molar-refractivity contribution is 5.84. The third-order valence-electron chi connectivity index (χ3n) is 4.32. The molecule has 0 aliphatic heterocycles. The minimum Gasteiger partial charge on any atom is -0.353 e. The first-order chi connectivity index (χ1) is 13.0. The number of nitrogens with zero attached hydrogens (tertiary/aromatic N) is 2. The van der Waals surface area contributed by atoms with Crippen LogP contribution in [0.1, 0.15) is 24.6 Å². The molecule has 138 valence electrons. The van der Waals surface area contributed by atoms with Crippen LogP contribution in [0.15, 0.2) is 53.1 Å². The molecule has 0 saturated heterocycles. The molecule has 0 saturated carbocycles. The largest absolute Gasteiger partial charge is 0.417 e. The fourth-order valence-corrected chi connectivity index (χ4v) is 3.07. The van der Waals surface area contributed by atoms with Crippen molar-refractivity contribution in [3.63, 3.8) is 0 Å². The molecule has 0 atom stereocenters. The summed E-state index contributed by atoms with van der Waals surface area (Å²) in [4.78, 5) is 7.56. The van der Waals surface area contributed by atoms with E-state index in [0.717, 1.165) is 24.6 Å². The van der Waals surface area contributed by atoms with Crippen molar-refractivity contribution in [2.45, 2.75) is 25.9 Å². The van der Waals surface area contributed by atoms with E-state index in [0.29, 0.717) is 28.2 Å². The second-order valence-corrected chi connectivity index (χ2v) is 6.29. The maximum Gasteiger partial charge on any atom is 0.417 e. The van der Waals surface area contributed by atoms with Crippen LogP contribution in [0.25, 0.3) is 33.7 Å². The van der Waals surface area contributed by atoms with Crippen molar-refractivity contribution in [1.29, 1.82) is 0 Å². The first-order valence-corrected chi connectivity index (χ1v) is 8.58. The average molecular weight is 371 g/mol. The molecule has 0 aliphatic rings. The van der Waals surface area contributed by atoms with Crippen molar-refractivity contribution < 1.29 is 17.7 Å². The highest BCUT2D eigenvalue weighted by Crippen LogP contribution is 2.37. The lowest BCUT2D eigenvalue weighted by atomic mass is 9.99. The lowest BCUT2D eigenvalue weighted by molar-refractivity contribution is -0.137. The van der Waals surface area contributed by atoms with Gasteiger partial charge in [-0.05, 0) is 35.7 Å². The molecule has 4 rings (SSSR count). The van der Waals surface area contributed by atoms with Crippen LogP contribution in [0.4, 0.5) is 13.2 Å². The molecule has 0 aliphatic carbocycles. The topological polar surface area (TPSA) is 54.7 Å². The third-order valence-corrected chi connectivity index (χ3v) is 4.32. The number of aromatic amines is 1. The van der Waals surface area contributed by atoms with Crippen LogP contribution in [0.2, 0.25) is 0 Å². The van der Waals surface area contributed by atoms with E-state index in [1.165, 1.54) is 12.1 Å². The first kappa shape index (κ1) is 17.3. The molecule has 4 nitrogen and oxygen atoms in total. The Hall–Kier alpha value is -3.09. The summed E-state index contributed by atoms with van der Waals surface area (Å²) in [5, 5.41) is 4.00. The van der Waals surface area contributed by atoms with Crippen molar-refractivity contribution in [3.8, 4) is 22.7 Å². The van der Waals surface area contributed by atoms with Crippen molar-refractivity contribution in [3.05, 3.63) is 59.8 Å². The van der Waals surface area contributed by atoms with Gasteiger partial charge in [0.1, 0.15) is 0 Å². The molecule has 2 heterocycles. The van der Waals surface area contributed by atoms with Crippen LogP contribution >= 0.6 is 0 Å². The lowest BCUT2D eigenvalue weighted by Crippen LogP contribution is -2.06. The number of nitrogens with one attached hydrogen (secondary N) is 1. The Morgan fingerprint density at radius 2 is 1.89 bits per heavy atom. The zero-order chi connectivity index (χ0) is 19.0. The van der Waals surface area contributed by atoms with Gasteiger partial charge in [-0.2, -0.15) is 13.2 Å². The monoisotopic (exact) mass is 371 g/mol. The number of fused-ring (bicyclic) bond motifs is 1. The Bertz CT molecular complexity index is 1100. The molecule has 0 amide bonds. The number of rotatable bonds is 4. The fraction of sp³-hybridized carbons (Fsp3) is 0.200. The van der Waals surface area contributed by atoms with E-state index < -0.39 is 11.7 Å². The maximum atomic E-state index is 13.3. The molecule has 2 aromatic heterocycles. The summed E-state index contributed by atoms with van der Waals surface area (Å²) in [5.41, 5.74) is 2.05. The molecule has 0 radical (unpaired) electrons. The average Bonchev–Trinajstić information content (AvgIpc) is 3.27. The molecule has 0 fully saturated rings. The van der Waals surface area contributed by atoms with Gasteiger partial charge >= 0.3 is 6.18 Å². The second kappa shape index (κ2) is 6.57. The zero-order valence-corrected chi connectivity index (χ0v) is 14.5. The molecule has 2 aromatic carbocycles. The van der Waals surface area contributed by atoms with E-state index in [-0.39, 0.29) is 5.56 Å². The minimum absolute atomic E-state index is 0.132. The molecule has 0 spiro atoms. The molecule has 27 heavy (non-hydrogen) atoms. The number of benzene rings is 2. The molecule has 4 aromatic rings. The Kier molecular flexibility index (Phi) is 4.22. The number of hydrogen-bond acceptors (Lipinski definition) is 3. The Labute approximate surface area is 153 Å². The number of halogens is 3. The van der Waals surface area contributed by atoms with Crippen molar-refractivity contribution in [2.75, 3.05) is 0 Å². The van der Waals surface area contributed by atoms with Gasteiger partial charge in [-0.3, -0.25) is 0 Å². The van der Waals surface area contributed by atoms with Gasteiger partial charge in [-0.15, -0.1) is 0 Å². The van der Waals surface area contributed by atoms with E-state index >= 15 is 0 Å². The standard InChI is InChI=1S/C20H16F3N3O/c1-2-5-13-11-18(27-26-13)19-24-16-9-8-12(10-17(16)25-19)14-6-3-4-7-15(14)20(21,22)23/h3-4,6-11H,2,5H2,1H3,(H,24,25). The van der Waals surface area contributed by atoms with E-state index in [4.69, 9.17) is 4.52 Å². The van der Waals surface area contributed by atoms with Gasteiger partial charge in [-0.1, -0.05) is 42.8 Å². The Morgan fingerprint density at radius 3 is 2.67 bits per heavy atom. The first-order valence-electron chi connectivity index (χ1n) is 8.58. The third kappa shape index (κ3) is 3.32. The summed E-state index contributed by atoms with van der Waals surface area (Å²) in [7, 11) is 0. The summed E-state index contributed by atoms with van der Waals surface area (Å²) in [6, 6.07) is 12.4. The molecule has 0 bridgehead atoms. The van der Waals surface area contributed by atoms with Gasteiger partial charge < -0.3 is 9.51 Å². The summed E-state index contributed by atoms with van der Waals surface area (Å²) >= 11 is 0. The fourth-order valence-electron chi connectivity index (χ4n) is 3.07. The number of hydrogen-bond donors (Lipinski definition) is 1. The van der Waals surface area contributed by atoms with E-state index in [9.17, 15) is 13.2 Å². The number of aryl methyl sites for hydroxylation is 1. The van der Waals surface area contributed by atoms with Gasteiger partial charge in [0, 0.05) is 6.07 Å². The summed E-state index contributed by atoms with van der Waals surface area (Å²) in [6.45, 7) is 2.05. The van der Waals surface area contributed by atoms with Crippen LogP contribution < -0.4 is 0 Å². The summed E-state index contributed by atoms with van der Waals surface area (Å²) < 4.78 is 45.2. The van der Waals surface area contributed by atoms with Crippen molar-refractivity contribution in [2.24, 2.45) is 0 Å². The Morgan fingerprint density at radius 1 is 1.07 bits per heavy atom. The molecular formula is C20H16F3N3O. The van der Waals surface area contributed by atoms with Crippen LogP contribution in [-0.4, -0.2) is 15.1 Å². The van der Waals surface area contributed by atoms with Gasteiger partial charge in [0.25, 0.3) is 0 Å².